The van der Waals surface area contributed by atoms with E-state index in [0.717, 1.165) is 18.2 Å². The molecule has 0 bridgehead atoms. The molecule has 3 aliphatic rings. The Hall–Kier alpha value is 0.120. The summed E-state index contributed by atoms with van der Waals surface area (Å²) in [5.74, 6) is 1.12. The number of hydrogen-bond donors (Lipinski definition) is 2. The second kappa shape index (κ2) is 8.99. The summed E-state index contributed by atoms with van der Waals surface area (Å²) in [5, 5.41) is 8.03. The highest BCUT2D eigenvalue weighted by Gasteiger charge is 2.35. The predicted octanol–water partition coefficient (Wildman–Crippen LogP) is 2.88. The highest BCUT2D eigenvalue weighted by molar-refractivity contribution is 7.99. The fraction of sp³-hybridized carbons (Fsp3) is 1.00. The van der Waals surface area contributed by atoms with E-state index < -0.39 is 6.17 Å². The average Bonchev–Trinajstić information content (AvgIpc) is 2.60. The van der Waals surface area contributed by atoms with Gasteiger partial charge in [-0.25, -0.2) is 14.2 Å². The molecule has 3 fully saturated rings. The van der Waals surface area contributed by atoms with Crippen molar-refractivity contribution in [1.29, 1.82) is 0 Å². The summed E-state index contributed by atoms with van der Waals surface area (Å²) in [7, 11) is 0. The van der Waals surface area contributed by atoms with Gasteiger partial charge in [0.2, 0.25) is 0 Å². The molecule has 1 saturated carbocycles. The lowest BCUT2D eigenvalue weighted by atomic mass is 9.80. The highest BCUT2D eigenvalue weighted by atomic mass is 32.2. The molecule has 4 atom stereocenters. The smallest absolute Gasteiger partial charge is 0.104 e. The Morgan fingerprint density at radius 3 is 2.65 bits per heavy atom. The fourth-order valence-electron chi connectivity index (χ4n) is 4.19. The lowest BCUT2D eigenvalue weighted by Gasteiger charge is -2.41. The molecule has 4 unspecified atom stereocenters. The van der Waals surface area contributed by atoms with E-state index in [1.54, 1.807) is 0 Å². The Labute approximate surface area is 143 Å². The molecule has 4 nitrogen and oxygen atoms in total. The van der Waals surface area contributed by atoms with Gasteiger partial charge < -0.3 is 5.32 Å². The topological polar surface area (TPSA) is 42.5 Å². The number of thioether (sulfide) groups is 1. The minimum absolute atomic E-state index is 0.102. The van der Waals surface area contributed by atoms with Crippen molar-refractivity contribution in [2.45, 2.75) is 68.6 Å². The van der Waals surface area contributed by atoms with Crippen molar-refractivity contribution in [3.8, 4) is 0 Å². The van der Waals surface area contributed by atoms with Gasteiger partial charge in [0, 0.05) is 30.2 Å². The van der Waals surface area contributed by atoms with Crippen LogP contribution >= 0.6 is 11.8 Å². The van der Waals surface area contributed by atoms with Gasteiger partial charge in [0.15, 0.2) is 0 Å². The molecule has 0 spiro atoms. The summed E-state index contributed by atoms with van der Waals surface area (Å²) in [6, 6.07) is 0.338. The molecule has 2 saturated heterocycles. The second-order valence-electron chi connectivity index (χ2n) is 7.34. The molecule has 0 radical (unpaired) electrons. The molecule has 134 valence electrons. The Balaban J connectivity index is 1.44. The van der Waals surface area contributed by atoms with Crippen LogP contribution in [0.15, 0.2) is 0 Å². The van der Waals surface area contributed by atoms with Crippen LogP contribution < -0.4 is 10.6 Å². The van der Waals surface area contributed by atoms with Crippen molar-refractivity contribution in [2.75, 3.05) is 26.0 Å². The van der Waals surface area contributed by atoms with Crippen LogP contribution in [-0.2, 0) is 9.78 Å². The van der Waals surface area contributed by atoms with E-state index in [9.17, 15) is 4.39 Å². The Kier molecular flexibility index (Phi) is 7.01. The van der Waals surface area contributed by atoms with Crippen molar-refractivity contribution in [1.82, 2.24) is 10.6 Å². The molecular formula is C17H31FN2O2S. The van der Waals surface area contributed by atoms with Crippen molar-refractivity contribution in [3.05, 3.63) is 0 Å². The summed E-state index contributed by atoms with van der Waals surface area (Å²) in [6.07, 6.45) is 8.99. The molecule has 23 heavy (non-hydrogen) atoms. The lowest BCUT2D eigenvalue weighted by molar-refractivity contribution is -0.323. The Morgan fingerprint density at radius 1 is 1.13 bits per heavy atom. The highest BCUT2D eigenvalue weighted by Crippen LogP contribution is 2.35. The molecule has 1 aliphatic carbocycles. The quantitative estimate of drug-likeness (QED) is 0.749. The third kappa shape index (κ3) is 5.30. The maximum Gasteiger partial charge on any atom is 0.104 e. The number of nitrogens with one attached hydrogen (secondary N) is 2. The van der Waals surface area contributed by atoms with Crippen molar-refractivity contribution in [2.24, 2.45) is 11.8 Å². The zero-order chi connectivity index (χ0) is 16.1. The van der Waals surface area contributed by atoms with Gasteiger partial charge in [-0.1, -0.05) is 0 Å². The van der Waals surface area contributed by atoms with Crippen LogP contribution in [0.5, 0.6) is 0 Å². The van der Waals surface area contributed by atoms with Crippen molar-refractivity contribution < 1.29 is 14.2 Å². The third-order valence-electron chi connectivity index (χ3n) is 5.69. The minimum Gasteiger partial charge on any atom is -0.301 e. The first-order valence-electron chi connectivity index (χ1n) is 9.15. The number of piperidine rings is 1. The van der Waals surface area contributed by atoms with E-state index in [1.807, 2.05) is 11.8 Å². The lowest BCUT2D eigenvalue weighted by Crippen LogP contribution is -2.57. The van der Waals surface area contributed by atoms with Crippen molar-refractivity contribution >= 4 is 11.8 Å². The van der Waals surface area contributed by atoms with E-state index in [0.29, 0.717) is 43.9 Å². The largest absolute Gasteiger partial charge is 0.301 e. The summed E-state index contributed by atoms with van der Waals surface area (Å²) in [5.41, 5.74) is 0. The van der Waals surface area contributed by atoms with Gasteiger partial charge in [0.05, 0.1) is 19.4 Å². The molecule has 3 rings (SSSR count). The first kappa shape index (κ1) is 17.9. The summed E-state index contributed by atoms with van der Waals surface area (Å²) in [4.78, 5) is 9.96. The molecule has 6 heteroatoms. The van der Waals surface area contributed by atoms with Crippen LogP contribution in [0.3, 0.4) is 0 Å². The van der Waals surface area contributed by atoms with Crippen LogP contribution in [0.1, 0.15) is 44.9 Å². The van der Waals surface area contributed by atoms with Crippen LogP contribution in [-0.4, -0.2) is 49.6 Å². The maximum absolute atomic E-state index is 14.2. The van der Waals surface area contributed by atoms with E-state index in [4.69, 9.17) is 9.78 Å². The van der Waals surface area contributed by atoms with Gasteiger partial charge in [-0.2, -0.15) is 11.8 Å². The van der Waals surface area contributed by atoms with E-state index in [1.165, 1.54) is 25.7 Å². The Morgan fingerprint density at radius 2 is 1.96 bits per heavy atom. The van der Waals surface area contributed by atoms with Gasteiger partial charge in [-0.15, -0.1) is 0 Å². The van der Waals surface area contributed by atoms with Crippen LogP contribution in [0.2, 0.25) is 0 Å². The van der Waals surface area contributed by atoms with Crippen LogP contribution in [0.4, 0.5) is 4.39 Å². The van der Waals surface area contributed by atoms with Gasteiger partial charge in [-0.05, 0) is 50.7 Å². The molecule has 0 aromatic rings. The SMILES string of the molecule is CSC1CCC(C2CC(F)CC(NCC3CCOOC3)N2)CC1. The minimum atomic E-state index is -0.678. The van der Waals surface area contributed by atoms with E-state index >= 15 is 0 Å². The molecule has 0 aromatic carbocycles. The van der Waals surface area contributed by atoms with E-state index in [-0.39, 0.29) is 6.17 Å². The summed E-state index contributed by atoms with van der Waals surface area (Å²) < 4.78 is 14.2. The molecule has 0 aromatic heterocycles. The molecule has 0 amide bonds. The number of hydrogen-bond acceptors (Lipinski definition) is 5. The molecule has 2 heterocycles. The fourth-order valence-corrected chi connectivity index (χ4v) is 4.93. The number of halogens is 1. The number of alkyl halides is 1. The summed E-state index contributed by atoms with van der Waals surface area (Å²) >= 11 is 1.99. The van der Waals surface area contributed by atoms with Gasteiger partial charge >= 0.3 is 0 Å². The second-order valence-corrected chi connectivity index (χ2v) is 8.47. The van der Waals surface area contributed by atoms with E-state index in [2.05, 4.69) is 16.9 Å². The first-order valence-corrected chi connectivity index (χ1v) is 10.4. The van der Waals surface area contributed by atoms with Crippen LogP contribution in [0, 0.1) is 11.8 Å². The summed E-state index contributed by atoms with van der Waals surface area (Å²) in [6.45, 7) is 2.18. The Bertz CT molecular complexity index is 349. The number of rotatable bonds is 5. The van der Waals surface area contributed by atoms with Gasteiger partial charge in [0.1, 0.15) is 6.17 Å². The van der Waals surface area contributed by atoms with Crippen LogP contribution in [0.25, 0.3) is 0 Å². The molecule has 2 aliphatic heterocycles. The average molecular weight is 347 g/mol. The molecular weight excluding hydrogens is 315 g/mol. The third-order valence-corrected chi connectivity index (χ3v) is 6.83. The predicted molar refractivity (Wildman–Crippen MR) is 92.1 cm³/mol. The maximum atomic E-state index is 14.2. The monoisotopic (exact) mass is 346 g/mol. The normalized spacial score (nSPS) is 42.5. The zero-order valence-electron chi connectivity index (χ0n) is 14.1. The zero-order valence-corrected chi connectivity index (χ0v) is 15.0. The first-order chi connectivity index (χ1) is 11.2. The van der Waals surface area contributed by atoms with Gasteiger partial charge in [-0.3, -0.25) is 5.32 Å². The van der Waals surface area contributed by atoms with Crippen molar-refractivity contribution in [3.63, 3.8) is 0 Å². The molecule has 2 N–H and O–H groups in total. The van der Waals surface area contributed by atoms with Gasteiger partial charge in [0.25, 0.3) is 0 Å². The standard InChI is InChI=1S/C17H31FN2O2S/c1-23-15-4-2-13(3-5-15)16-8-14(18)9-17(20-16)19-10-12-6-7-21-22-11-12/h12-17,19-20H,2-11H2,1H3.